The van der Waals surface area contributed by atoms with Gasteiger partial charge in [-0.2, -0.15) is 0 Å². The molecule has 3 aliphatic rings. The maximum atomic E-state index is 11.8. The molecule has 0 aliphatic carbocycles. The van der Waals surface area contributed by atoms with Crippen molar-refractivity contribution in [2.24, 2.45) is 5.73 Å². The van der Waals surface area contributed by atoms with E-state index in [4.69, 9.17) is 34.2 Å². The second-order valence-electron chi connectivity index (χ2n) is 9.96. The molecule has 3 aliphatic heterocycles. The first-order chi connectivity index (χ1) is 19.1. The Morgan fingerprint density at radius 3 is 2.08 bits per heavy atom. The average molecular weight is 587 g/mol. The lowest BCUT2D eigenvalue weighted by atomic mass is 9.95. The molecular weight excluding hydrogens is 544 g/mol. The predicted octanol–water partition coefficient (Wildman–Crippen LogP) is -6.03. The van der Waals surface area contributed by atoms with E-state index in [1.165, 1.54) is 6.92 Å². The van der Waals surface area contributed by atoms with E-state index in [2.05, 4.69) is 5.32 Å². The van der Waals surface area contributed by atoms with E-state index in [1.54, 1.807) is 0 Å². The van der Waals surface area contributed by atoms with Crippen LogP contribution in [0.25, 0.3) is 0 Å². The minimum atomic E-state index is -1.75. The number of carbonyl (C=O) groups is 1. The van der Waals surface area contributed by atoms with Crippen LogP contribution in [-0.2, 0) is 33.2 Å². The molecule has 1 amide bonds. The third kappa shape index (κ3) is 7.82. The number of nitrogens with two attached hydrogens (primary N) is 1. The molecule has 40 heavy (non-hydrogen) atoms. The quantitative estimate of drug-likeness (QED) is 0.0953. The molecule has 3 heterocycles. The van der Waals surface area contributed by atoms with Crippen molar-refractivity contribution in [2.45, 2.75) is 106 Å². The summed E-state index contributed by atoms with van der Waals surface area (Å²) in [6.45, 7) is -0.195. The van der Waals surface area contributed by atoms with Crippen molar-refractivity contribution in [3.8, 4) is 0 Å². The highest BCUT2D eigenvalue weighted by Gasteiger charge is 2.51. The predicted molar refractivity (Wildman–Crippen MR) is 129 cm³/mol. The lowest BCUT2D eigenvalue weighted by Crippen LogP contribution is -2.67. The fourth-order valence-corrected chi connectivity index (χ4v) is 4.82. The molecule has 0 radical (unpaired) electrons. The van der Waals surface area contributed by atoms with Gasteiger partial charge in [0.05, 0.1) is 38.6 Å². The summed E-state index contributed by atoms with van der Waals surface area (Å²) in [5, 5.41) is 84.2. The number of carbonyl (C=O) groups excluding carboxylic acids is 1. The van der Waals surface area contributed by atoms with Gasteiger partial charge in [0.1, 0.15) is 54.9 Å². The minimum absolute atomic E-state index is 0.120. The first-order valence-electron chi connectivity index (χ1n) is 13.1. The Morgan fingerprint density at radius 2 is 1.48 bits per heavy atom. The van der Waals surface area contributed by atoms with Crippen molar-refractivity contribution < 1.29 is 74.1 Å². The van der Waals surface area contributed by atoms with E-state index < -0.39 is 112 Å². The highest BCUT2D eigenvalue weighted by atomic mass is 16.7. The van der Waals surface area contributed by atoms with Crippen molar-refractivity contribution >= 4 is 5.91 Å². The van der Waals surface area contributed by atoms with Crippen molar-refractivity contribution in [1.29, 1.82) is 0 Å². The second-order valence-corrected chi connectivity index (χ2v) is 9.96. The Hall–Kier alpha value is -1.13. The summed E-state index contributed by atoms with van der Waals surface area (Å²) >= 11 is 0. The van der Waals surface area contributed by atoms with Gasteiger partial charge in [-0.15, -0.1) is 0 Å². The van der Waals surface area contributed by atoms with Crippen LogP contribution in [0.2, 0.25) is 0 Å². The summed E-state index contributed by atoms with van der Waals surface area (Å²) in [6.07, 6.45) is -18.2. The Morgan fingerprint density at radius 1 is 0.825 bits per heavy atom. The van der Waals surface area contributed by atoms with Crippen LogP contribution in [0, 0.1) is 0 Å². The van der Waals surface area contributed by atoms with Gasteiger partial charge < -0.3 is 80.3 Å². The van der Waals surface area contributed by atoms with Gasteiger partial charge in [-0.1, -0.05) is 0 Å². The van der Waals surface area contributed by atoms with Crippen LogP contribution in [0.15, 0.2) is 0 Å². The largest absolute Gasteiger partial charge is 0.394 e. The molecule has 14 atom stereocenters. The van der Waals surface area contributed by atoms with Gasteiger partial charge in [-0.25, -0.2) is 0 Å². The maximum Gasteiger partial charge on any atom is 0.217 e. The maximum absolute atomic E-state index is 11.8. The third-order valence-electron chi connectivity index (χ3n) is 6.99. The number of hydrogen-bond acceptors (Lipinski definition) is 16. The molecule has 0 aromatic rings. The molecule has 3 fully saturated rings. The fourth-order valence-electron chi connectivity index (χ4n) is 4.82. The van der Waals surface area contributed by atoms with Crippen LogP contribution in [0.3, 0.4) is 0 Å². The molecular formula is C23H42N2O15. The summed E-state index contributed by atoms with van der Waals surface area (Å²) in [6, 6.07) is -1.14. The standard InChI is InChI=1S/C23H42N2O15/c1-9(29)25-14-17(32)20(13(8-28)39-21(14)35-4-2-3-24)40-22-16(31)11(5-10(6-26)36-22)37-23-19(34)18(33)15(30)12(7-27)38-23/h10-23,26-28,30-34H,2-8,24H2,1H3,(H,25,29)/t10?,11-,12?,13?,14?,15-,16?,17+,18-,19?,20+,21+,22-,23-/m0/s1. The number of aliphatic hydroxyl groups excluding tert-OH is 8. The number of amides is 1. The van der Waals surface area contributed by atoms with Gasteiger partial charge in [-0.3, -0.25) is 4.79 Å². The first-order valence-corrected chi connectivity index (χ1v) is 13.1. The van der Waals surface area contributed by atoms with Crippen molar-refractivity contribution in [3.63, 3.8) is 0 Å². The number of rotatable bonds is 12. The molecule has 11 N–H and O–H groups in total. The molecule has 0 aromatic heterocycles. The molecule has 0 bridgehead atoms. The molecule has 0 saturated carbocycles. The summed E-state index contributed by atoms with van der Waals surface area (Å²) < 4.78 is 33.9. The van der Waals surface area contributed by atoms with E-state index in [0.29, 0.717) is 13.0 Å². The third-order valence-corrected chi connectivity index (χ3v) is 6.99. The zero-order valence-corrected chi connectivity index (χ0v) is 22.0. The van der Waals surface area contributed by atoms with E-state index >= 15 is 0 Å². The molecule has 17 heteroatoms. The Bertz CT molecular complexity index is 781. The highest BCUT2D eigenvalue weighted by molar-refractivity contribution is 5.73. The van der Waals surface area contributed by atoms with Crippen molar-refractivity contribution in [2.75, 3.05) is 33.0 Å². The molecule has 0 aromatic carbocycles. The van der Waals surface area contributed by atoms with Crippen LogP contribution in [0.4, 0.5) is 0 Å². The molecule has 234 valence electrons. The Balaban J connectivity index is 1.76. The average Bonchev–Trinajstić information content (AvgIpc) is 2.93. The fraction of sp³-hybridized carbons (Fsp3) is 0.957. The minimum Gasteiger partial charge on any atom is -0.394 e. The number of hydrogen-bond donors (Lipinski definition) is 10. The lowest BCUT2D eigenvalue weighted by molar-refractivity contribution is -0.360. The van der Waals surface area contributed by atoms with E-state index in [-0.39, 0.29) is 13.0 Å². The number of ether oxygens (including phenoxy) is 6. The lowest BCUT2D eigenvalue weighted by Gasteiger charge is -2.47. The number of aliphatic hydroxyl groups is 8. The SMILES string of the molecule is CC(=O)NC1[C@H](OCCCN)OC(CO)[C@@H](O[C@@H]2OC(CO)C[C@H](O[C@H]3OC(CO)[C@H](O)[C@H](O)C3O)C2O)[C@@H]1O. The smallest absolute Gasteiger partial charge is 0.217 e. The summed E-state index contributed by atoms with van der Waals surface area (Å²) in [5.41, 5.74) is 5.48. The van der Waals surface area contributed by atoms with Crippen LogP contribution in [-0.4, -0.2) is 166 Å². The highest BCUT2D eigenvalue weighted by Crippen LogP contribution is 2.32. The summed E-state index contributed by atoms with van der Waals surface area (Å²) in [7, 11) is 0. The van der Waals surface area contributed by atoms with Crippen molar-refractivity contribution in [3.05, 3.63) is 0 Å². The van der Waals surface area contributed by atoms with Gasteiger partial charge in [0, 0.05) is 13.3 Å². The van der Waals surface area contributed by atoms with E-state index in [9.17, 15) is 45.6 Å². The normalized spacial score (nSPS) is 44.4. The second kappa shape index (κ2) is 15.4. The topological polar surface area (TPSA) is 272 Å². The van der Waals surface area contributed by atoms with Gasteiger partial charge >= 0.3 is 0 Å². The van der Waals surface area contributed by atoms with Gasteiger partial charge in [0.15, 0.2) is 18.9 Å². The first kappa shape index (κ1) is 33.4. The molecule has 3 rings (SSSR count). The monoisotopic (exact) mass is 586 g/mol. The van der Waals surface area contributed by atoms with Crippen molar-refractivity contribution in [1.82, 2.24) is 5.32 Å². The number of nitrogens with one attached hydrogen (secondary N) is 1. The van der Waals surface area contributed by atoms with Gasteiger partial charge in [0.25, 0.3) is 0 Å². The van der Waals surface area contributed by atoms with Crippen LogP contribution in [0.5, 0.6) is 0 Å². The van der Waals surface area contributed by atoms with Gasteiger partial charge in [0.2, 0.25) is 5.91 Å². The van der Waals surface area contributed by atoms with E-state index in [1.807, 2.05) is 0 Å². The molecule has 17 nitrogen and oxygen atoms in total. The molecule has 6 unspecified atom stereocenters. The Kier molecular flexibility index (Phi) is 12.8. The zero-order chi connectivity index (χ0) is 29.6. The van der Waals surface area contributed by atoms with Crippen LogP contribution < -0.4 is 11.1 Å². The summed E-state index contributed by atoms with van der Waals surface area (Å²) in [4.78, 5) is 11.8. The Labute approximate surface area is 230 Å². The van der Waals surface area contributed by atoms with Gasteiger partial charge in [-0.05, 0) is 13.0 Å². The van der Waals surface area contributed by atoms with Crippen LogP contribution in [0.1, 0.15) is 19.8 Å². The zero-order valence-electron chi connectivity index (χ0n) is 22.0. The van der Waals surface area contributed by atoms with E-state index in [0.717, 1.165) is 0 Å². The van der Waals surface area contributed by atoms with Crippen LogP contribution >= 0.6 is 0 Å². The summed E-state index contributed by atoms with van der Waals surface area (Å²) in [5.74, 6) is -0.511. The molecule has 3 saturated heterocycles. The molecule has 0 spiro atoms.